The van der Waals surface area contributed by atoms with Gasteiger partial charge >= 0.3 is 0 Å². The fraction of sp³-hybridized carbons (Fsp3) is 0.412. The molecule has 0 bridgehead atoms. The molecule has 1 heterocycles. The van der Waals surface area contributed by atoms with Gasteiger partial charge in [0, 0.05) is 16.9 Å². The van der Waals surface area contributed by atoms with E-state index in [1.165, 1.54) is 0 Å². The van der Waals surface area contributed by atoms with Gasteiger partial charge in [-0.2, -0.15) is 0 Å². The first-order chi connectivity index (χ1) is 11.1. The van der Waals surface area contributed by atoms with Gasteiger partial charge in [-0.3, -0.25) is 10.1 Å². The zero-order chi connectivity index (χ0) is 16.3. The number of hydrogen-bond donors (Lipinski definition) is 2. The summed E-state index contributed by atoms with van der Waals surface area (Å²) in [7, 11) is 0. The maximum absolute atomic E-state index is 12.5. The van der Waals surface area contributed by atoms with Gasteiger partial charge < -0.3 is 10.3 Å². The standard InChI is InChI=1S/C17H21BrN4O.ClH/c18-14-6-4-13(5-7-14)12-22-11-10-20-16(22)21-15(23)17(19)8-2-1-3-9-17;/h4-7,10-11H,1-3,8-9,12,19H2,(H,20,21,23);1H. The van der Waals surface area contributed by atoms with E-state index < -0.39 is 5.54 Å². The second-order valence-electron chi connectivity index (χ2n) is 6.18. The molecule has 1 fully saturated rings. The van der Waals surface area contributed by atoms with Crippen LogP contribution in [0.1, 0.15) is 37.7 Å². The number of benzene rings is 1. The molecule has 0 aliphatic heterocycles. The largest absolute Gasteiger partial charge is 0.317 e. The number of halogens is 2. The summed E-state index contributed by atoms with van der Waals surface area (Å²) in [6.45, 7) is 0.653. The van der Waals surface area contributed by atoms with Crippen molar-refractivity contribution in [1.82, 2.24) is 9.55 Å². The SMILES string of the molecule is Cl.NC1(C(=O)Nc2nccn2Cc2ccc(Br)cc2)CCCCC1. The number of carbonyl (C=O) groups is 1. The lowest BCUT2D eigenvalue weighted by Crippen LogP contribution is -2.52. The van der Waals surface area contributed by atoms with Crippen LogP contribution < -0.4 is 11.1 Å². The molecule has 2 aromatic rings. The lowest BCUT2D eigenvalue weighted by molar-refractivity contribution is -0.122. The average Bonchev–Trinajstić information content (AvgIpc) is 2.97. The smallest absolute Gasteiger partial charge is 0.246 e. The van der Waals surface area contributed by atoms with Crippen molar-refractivity contribution in [2.75, 3.05) is 5.32 Å². The number of imidazole rings is 1. The van der Waals surface area contributed by atoms with Crippen molar-refractivity contribution in [1.29, 1.82) is 0 Å². The van der Waals surface area contributed by atoms with Crippen LogP contribution in [0.5, 0.6) is 0 Å². The van der Waals surface area contributed by atoms with Crippen LogP contribution in [-0.2, 0) is 11.3 Å². The minimum Gasteiger partial charge on any atom is -0.317 e. The Morgan fingerprint density at radius 1 is 1.25 bits per heavy atom. The predicted molar refractivity (Wildman–Crippen MR) is 101 cm³/mol. The molecule has 24 heavy (non-hydrogen) atoms. The van der Waals surface area contributed by atoms with Crippen LogP contribution in [0.15, 0.2) is 41.1 Å². The first-order valence-electron chi connectivity index (χ1n) is 7.93. The van der Waals surface area contributed by atoms with E-state index in [9.17, 15) is 4.79 Å². The van der Waals surface area contributed by atoms with Gasteiger partial charge in [-0.15, -0.1) is 12.4 Å². The minimum absolute atomic E-state index is 0. The number of nitrogens with two attached hydrogens (primary N) is 1. The third-order valence-corrected chi connectivity index (χ3v) is 4.93. The number of nitrogens with zero attached hydrogens (tertiary/aromatic N) is 2. The van der Waals surface area contributed by atoms with Gasteiger partial charge in [-0.05, 0) is 30.5 Å². The van der Waals surface area contributed by atoms with Gasteiger partial charge in [-0.25, -0.2) is 4.98 Å². The highest BCUT2D eigenvalue weighted by molar-refractivity contribution is 9.10. The molecule has 0 unspecified atom stereocenters. The molecule has 3 rings (SSSR count). The molecule has 130 valence electrons. The highest BCUT2D eigenvalue weighted by Gasteiger charge is 2.35. The summed E-state index contributed by atoms with van der Waals surface area (Å²) in [6, 6.07) is 8.09. The minimum atomic E-state index is -0.757. The molecule has 1 aromatic carbocycles. The Bertz CT molecular complexity index is 680. The molecule has 0 radical (unpaired) electrons. The number of rotatable bonds is 4. The molecule has 1 aromatic heterocycles. The molecular formula is C17H22BrClN4O. The highest BCUT2D eigenvalue weighted by Crippen LogP contribution is 2.27. The second-order valence-corrected chi connectivity index (χ2v) is 7.09. The fourth-order valence-corrected chi connectivity index (χ4v) is 3.25. The van der Waals surface area contributed by atoms with E-state index in [0.29, 0.717) is 12.5 Å². The molecule has 0 spiro atoms. The van der Waals surface area contributed by atoms with E-state index in [-0.39, 0.29) is 18.3 Å². The number of aromatic nitrogens is 2. The fourth-order valence-electron chi connectivity index (χ4n) is 2.98. The molecule has 1 saturated carbocycles. The Morgan fingerprint density at radius 2 is 1.92 bits per heavy atom. The Labute approximate surface area is 156 Å². The average molecular weight is 414 g/mol. The number of anilines is 1. The van der Waals surface area contributed by atoms with Crippen LogP contribution in [0.4, 0.5) is 5.95 Å². The molecule has 5 nitrogen and oxygen atoms in total. The maximum Gasteiger partial charge on any atom is 0.246 e. The van der Waals surface area contributed by atoms with Crippen molar-refractivity contribution in [3.05, 3.63) is 46.7 Å². The van der Waals surface area contributed by atoms with Gasteiger partial charge in [0.05, 0.1) is 12.1 Å². The molecule has 7 heteroatoms. The number of carbonyl (C=O) groups excluding carboxylic acids is 1. The van der Waals surface area contributed by atoms with Crippen molar-refractivity contribution in [3.8, 4) is 0 Å². The maximum atomic E-state index is 12.5. The lowest BCUT2D eigenvalue weighted by Gasteiger charge is -2.31. The summed E-state index contributed by atoms with van der Waals surface area (Å²) in [4.78, 5) is 16.8. The summed E-state index contributed by atoms with van der Waals surface area (Å²) >= 11 is 3.43. The van der Waals surface area contributed by atoms with Gasteiger partial charge in [0.25, 0.3) is 0 Å². The van der Waals surface area contributed by atoms with Crippen LogP contribution in [0.3, 0.4) is 0 Å². The van der Waals surface area contributed by atoms with Crippen LogP contribution in [0, 0.1) is 0 Å². The number of amides is 1. The molecule has 0 saturated heterocycles. The molecule has 1 aliphatic carbocycles. The topological polar surface area (TPSA) is 72.9 Å². The summed E-state index contributed by atoms with van der Waals surface area (Å²) in [5.41, 5.74) is 6.67. The van der Waals surface area contributed by atoms with E-state index in [1.807, 2.05) is 35.0 Å². The number of nitrogens with one attached hydrogen (secondary N) is 1. The van der Waals surface area contributed by atoms with Crippen LogP contribution in [-0.4, -0.2) is 21.0 Å². The zero-order valence-electron chi connectivity index (χ0n) is 13.4. The van der Waals surface area contributed by atoms with Gasteiger partial charge in [0.1, 0.15) is 0 Å². The van der Waals surface area contributed by atoms with E-state index >= 15 is 0 Å². The second kappa shape index (κ2) is 8.14. The third kappa shape index (κ3) is 4.37. The monoisotopic (exact) mass is 412 g/mol. The van der Waals surface area contributed by atoms with E-state index in [0.717, 1.165) is 42.1 Å². The molecular weight excluding hydrogens is 392 g/mol. The van der Waals surface area contributed by atoms with Crippen molar-refractivity contribution >= 4 is 40.2 Å². The summed E-state index contributed by atoms with van der Waals surface area (Å²) in [5.74, 6) is 0.425. The summed E-state index contributed by atoms with van der Waals surface area (Å²) in [5, 5.41) is 2.91. The lowest BCUT2D eigenvalue weighted by atomic mass is 9.82. The van der Waals surface area contributed by atoms with Gasteiger partial charge in [0.15, 0.2) is 0 Å². The Kier molecular flexibility index (Phi) is 6.43. The first kappa shape index (κ1) is 19.0. The summed E-state index contributed by atoms with van der Waals surface area (Å²) < 4.78 is 2.97. The predicted octanol–water partition coefficient (Wildman–Crippen LogP) is 3.72. The first-order valence-corrected chi connectivity index (χ1v) is 8.72. The third-order valence-electron chi connectivity index (χ3n) is 4.40. The van der Waals surface area contributed by atoms with Crippen LogP contribution in [0.2, 0.25) is 0 Å². The summed E-state index contributed by atoms with van der Waals surface area (Å²) in [6.07, 6.45) is 8.22. The Balaban J connectivity index is 0.00000208. The van der Waals surface area contributed by atoms with Crippen molar-refractivity contribution in [2.24, 2.45) is 5.73 Å². The van der Waals surface area contributed by atoms with E-state index in [4.69, 9.17) is 5.73 Å². The van der Waals surface area contributed by atoms with Crippen LogP contribution >= 0.6 is 28.3 Å². The highest BCUT2D eigenvalue weighted by atomic mass is 79.9. The van der Waals surface area contributed by atoms with Gasteiger partial charge in [0.2, 0.25) is 11.9 Å². The van der Waals surface area contributed by atoms with Crippen LogP contribution in [0.25, 0.3) is 0 Å². The van der Waals surface area contributed by atoms with Gasteiger partial charge in [-0.1, -0.05) is 47.3 Å². The van der Waals surface area contributed by atoms with E-state index in [1.54, 1.807) is 6.20 Å². The van der Waals surface area contributed by atoms with Crippen molar-refractivity contribution in [3.63, 3.8) is 0 Å². The molecule has 1 amide bonds. The van der Waals surface area contributed by atoms with Crippen molar-refractivity contribution < 1.29 is 4.79 Å². The molecule has 1 aliphatic rings. The van der Waals surface area contributed by atoms with Crippen molar-refractivity contribution in [2.45, 2.75) is 44.2 Å². The normalized spacial score (nSPS) is 16.2. The quantitative estimate of drug-likeness (QED) is 0.802. The zero-order valence-corrected chi connectivity index (χ0v) is 15.8. The number of hydrogen-bond acceptors (Lipinski definition) is 3. The molecule has 3 N–H and O–H groups in total. The molecule has 0 atom stereocenters. The Morgan fingerprint density at radius 3 is 2.58 bits per heavy atom. The van der Waals surface area contributed by atoms with E-state index in [2.05, 4.69) is 26.2 Å². The Hall–Kier alpha value is -1.37.